The number of carbonyl (C=O) groups is 1. The molecule has 0 radical (unpaired) electrons. The fourth-order valence-corrected chi connectivity index (χ4v) is 3.27. The number of ether oxygens (including phenoxy) is 1. The van der Waals surface area contributed by atoms with Gasteiger partial charge in [0.1, 0.15) is 5.75 Å². The van der Waals surface area contributed by atoms with E-state index in [1.807, 2.05) is 0 Å². The summed E-state index contributed by atoms with van der Waals surface area (Å²) in [5.74, 6) is 0.367. The van der Waals surface area contributed by atoms with E-state index in [1.165, 1.54) is 12.8 Å². The molecule has 1 amide bonds. The van der Waals surface area contributed by atoms with Crippen LogP contribution >= 0.6 is 23.2 Å². The van der Waals surface area contributed by atoms with Crippen molar-refractivity contribution in [2.45, 2.75) is 51.7 Å². The number of hydrogen-bond donors (Lipinski definition) is 1. The molecule has 1 aromatic carbocycles. The van der Waals surface area contributed by atoms with Crippen molar-refractivity contribution >= 4 is 29.1 Å². The summed E-state index contributed by atoms with van der Waals surface area (Å²) in [6.45, 7) is 7.19. The first-order chi connectivity index (χ1) is 11.5. The van der Waals surface area contributed by atoms with E-state index >= 15 is 0 Å². The van der Waals surface area contributed by atoms with Crippen LogP contribution in [0.5, 0.6) is 5.75 Å². The zero-order chi connectivity index (χ0) is 17.5. The van der Waals surface area contributed by atoms with E-state index in [0.29, 0.717) is 15.8 Å². The van der Waals surface area contributed by atoms with Crippen LogP contribution in [0.15, 0.2) is 18.2 Å². The summed E-state index contributed by atoms with van der Waals surface area (Å²) in [6.07, 6.45) is 3.85. The summed E-state index contributed by atoms with van der Waals surface area (Å²) in [7, 11) is 0. The number of carbonyl (C=O) groups excluding carboxylic acids is 1. The molecule has 134 valence electrons. The van der Waals surface area contributed by atoms with Gasteiger partial charge in [0, 0.05) is 24.2 Å². The lowest BCUT2D eigenvalue weighted by molar-refractivity contribution is -0.128. The van der Waals surface area contributed by atoms with Crippen molar-refractivity contribution in [3.63, 3.8) is 0 Å². The number of unbranched alkanes of at least 4 members (excludes halogenated alkanes) is 1. The number of nitrogens with one attached hydrogen (secondary N) is 1. The van der Waals surface area contributed by atoms with E-state index in [1.54, 1.807) is 25.1 Å². The third kappa shape index (κ3) is 5.83. The summed E-state index contributed by atoms with van der Waals surface area (Å²) >= 11 is 11.9. The normalized spacial score (nSPS) is 17.5. The van der Waals surface area contributed by atoms with Gasteiger partial charge in [-0.2, -0.15) is 0 Å². The number of nitrogens with zero attached hydrogens (tertiary/aromatic N) is 1. The molecule has 0 aliphatic carbocycles. The number of hydrogen-bond acceptors (Lipinski definition) is 3. The van der Waals surface area contributed by atoms with E-state index in [2.05, 4.69) is 17.1 Å². The van der Waals surface area contributed by atoms with Crippen LogP contribution in [0.25, 0.3) is 0 Å². The highest BCUT2D eigenvalue weighted by Gasteiger charge is 2.23. The van der Waals surface area contributed by atoms with Gasteiger partial charge < -0.3 is 15.0 Å². The third-order valence-corrected chi connectivity index (χ3v) is 4.86. The Bertz CT molecular complexity index is 546. The smallest absolute Gasteiger partial charge is 0.260 e. The fraction of sp³-hybridized carbons (Fsp3) is 0.611. The molecule has 6 heteroatoms. The fourth-order valence-electron chi connectivity index (χ4n) is 2.82. The molecule has 0 saturated carbocycles. The van der Waals surface area contributed by atoms with E-state index in [0.717, 1.165) is 32.5 Å². The Balaban J connectivity index is 1.78. The molecule has 0 aromatic heterocycles. The zero-order valence-electron chi connectivity index (χ0n) is 14.4. The number of benzene rings is 1. The second-order valence-electron chi connectivity index (χ2n) is 6.31. The predicted molar refractivity (Wildman–Crippen MR) is 99.1 cm³/mol. The Labute approximate surface area is 154 Å². The molecule has 0 spiro atoms. The first-order valence-electron chi connectivity index (χ1n) is 8.64. The highest BCUT2D eigenvalue weighted by Crippen LogP contribution is 2.28. The topological polar surface area (TPSA) is 41.6 Å². The largest absolute Gasteiger partial charge is 0.479 e. The number of rotatable bonds is 7. The summed E-state index contributed by atoms with van der Waals surface area (Å²) < 4.78 is 5.66. The molecular formula is C18H26Cl2N2O2. The third-order valence-electron chi connectivity index (χ3n) is 4.33. The summed E-state index contributed by atoms with van der Waals surface area (Å²) in [5.41, 5.74) is 0. The van der Waals surface area contributed by atoms with Crippen molar-refractivity contribution in [2.75, 3.05) is 19.6 Å². The summed E-state index contributed by atoms with van der Waals surface area (Å²) in [5, 5.41) is 4.04. The molecule has 1 aliphatic rings. The second kappa shape index (κ2) is 9.50. The molecule has 1 N–H and O–H groups in total. The van der Waals surface area contributed by atoms with Gasteiger partial charge in [-0.15, -0.1) is 0 Å². The SMILES string of the molecule is CCCCN1CCC(NC(=O)[C@@H](C)Oc2ccc(Cl)cc2Cl)CC1. The molecule has 1 aliphatic heterocycles. The Hall–Kier alpha value is -0.970. The quantitative estimate of drug-likeness (QED) is 0.781. The monoisotopic (exact) mass is 372 g/mol. The molecule has 1 atom stereocenters. The van der Waals surface area contributed by atoms with Crippen LogP contribution in [0.4, 0.5) is 0 Å². The standard InChI is InChI=1S/C18H26Cl2N2O2/c1-3-4-9-22-10-7-15(8-11-22)21-18(23)13(2)24-17-6-5-14(19)12-16(17)20/h5-6,12-13,15H,3-4,7-11H2,1-2H3,(H,21,23)/t13-/m1/s1. The number of amides is 1. The molecule has 1 aromatic rings. The number of piperidine rings is 1. The van der Waals surface area contributed by atoms with Gasteiger partial charge in [0.15, 0.2) is 6.10 Å². The van der Waals surface area contributed by atoms with Crippen LogP contribution in [0.1, 0.15) is 39.5 Å². The van der Waals surface area contributed by atoms with Gasteiger partial charge in [-0.1, -0.05) is 36.5 Å². The molecule has 1 heterocycles. The van der Waals surface area contributed by atoms with Gasteiger partial charge in [0.05, 0.1) is 5.02 Å². The predicted octanol–water partition coefficient (Wildman–Crippen LogP) is 4.14. The van der Waals surface area contributed by atoms with Crippen LogP contribution in [-0.2, 0) is 4.79 Å². The molecule has 0 bridgehead atoms. The van der Waals surface area contributed by atoms with Crippen molar-refractivity contribution in [1.82, 2.24) is 10.2 Å². The van der Waals surface area contributed by atoms with Crippen molar-refractivity contribution in [3.05, 3.63) is 28.2 Å². The maximum atomic E-state index is 12.3. The molecule has 4 nitrogen and oxygen atoms in total. The molecule has 2 rings (SSSR count). The lowest BCUT2D eigenvalue weighted by Crippen LogP contribution is -2.48. The first kappa shape index (κ1) is 19.4. The Morgan fingerprint density at radius 1 is 1.38 bits per heavy atom. The molecular weight excluding hydrogens is 347 g/mol. The Morgan fingerprint density at radius 3 is 2.71 bits per heavy atom. The van der Waals surface area contributed by atoms with Crippen molar-refractivity contribution in [1.29, 1.82) is 0 Å². The lowest BCUT2D eigenvalue weighted by Gasteiger charge is -2.32. The van der Waals surface area contributed by atoms with Gasteiger partial charge in [-0.3, -0.25) is 4.79 Å². The minimum Gasteiger partial charge on any atom is -0.479 e. The lowest BCUT2D eigenvalue weighted by atomic mass is 10.0. The highest BCUT2D eigenvalue weighted by atomic mass is 35.5. The van der Waals surface area contributed by atoms with Crippen molar-refractivity contribution in [2.24, 2.45) is 0 Å². The van der Waals surface area contributed by atoms with E-state index in [4.69, 9.17) is 27.9 Å². The van der Waals surface area contributed by atoms with Gasteiger partial charge in [0.2, 0.25) is 0 Å². The van der Waals surface area contributed by atoms with Crippen LogP contribution in [-0.4, -0.2) is 42.6 Å². The first-order valence-corrected chi connectivity index (χ1v) is 9.39. The van der Waals surface area contributed by atoms with Gasteiger partial charge >= 0.3 is 0 Å². The van der Waals surface area contributed by atoms with E-state index < -0.39 is 6.10 Å². The van der Waals surface area contributed by atoms with Gasteiger partial charge in [-0.25, -0.2) is 0 Å². The summed E-state index contributed by atoms with van der Waals surface area (Å²) in [4.78, 5) is 14.8. The maximum Gasteiger partial charge on any atom is 0.260 e. The average molecular weight is 373 g/mol. The van der Waals surface area contributed by atoms with Crippen LogP contribution in [0.3, 0.4) is 0 Å². The second-order valence-corrected chi connectivity index (χ2v) is 7.16. The molecule has 1 fully saturated rings. The minimum absolute atomic E-state index is 0.104. The summed E-state index contributed by atoms with van der Waals surface area (Å²) in [6, 6.07) is 5.21. The molecule has 0 unspecified atom stereocenters. The van der Waals surface area contributed by atoms with Crippen molar-refractivity contribution in [3.8, 4) is 5.75 Å². The van der Waals surface area contributed by atoms with Gasteiger partial charge in [-0.05, 0) is 50.9 Å². The van der Waals surface area contributed by atoms with Crippen LogP contribution in [0, 0.1) is 0 Å². The van der Waals surface area contributed by atoms with Gasteiger partial charge in [0.25, 0.3) is 5.91 Å². The van der Waals surface area contributed by atoms with Crippen molar-refractivity contribution < 1.29 is 9.53 Å². The van der Waals surface area contributed by atoms with Crippen LogP contribution in [0.2, 0.25) is 10.0 Å². The maximum absolute atomic E-state index is 12.3. The Kier molecular flexibility index (Phi) is 7.66. The van der Waals surface area contributed by atoms with Crippen LogP contribution < -0.4 is 10.1 Å². The van der Waals surface area contributed by atoms with E-state index in [-0.39, 0.29) is 11.9 Å². The minimum atomic E-state index is -0.596. The number of likely N-dealkylation sites (tertiary alicyclic amines) is 1. The highest BCUT2D eigenvalue weighted by molar-refractivity contribution is 6.35. The number of halogens is 2. The molecule has 24 heavy (non-hydrogen) atoms. The zero-order valence-corrected chi connectivity index (χ0v) is 15.9. The average Bonchev–Trinajstić information content (AvgIpc) is 2.56. The molecule has 1 saturated heterocycles. The van der Waals surface area contributed by atoms with E-state index in [9.17, 15) is 4.79 Å². The Morgan fingerprint density at radius 2 is 2.08 bits per heavy atom.